The largest absolute Gasteiger partial charge is 0.756 e. The van der Waals surface area contributed by atoms with E-state index in [1.807, 2.05) is 27.2 Å². The number of likely N-dealkylation sites (N-methyl/N-ethyl adjacent to an activating group) is 1. The summed E-state index contributed by atoms with van der Waals surface area (Å²) >= 11 is 0. The first-order chi connectivity index (χ1) is 27.5. The number of carbonyl (C=O) groups excluding carboxylic acids is 1. The Hall–Kier alpha value is -2.84. The summed E-state index contributed by atoms with van der Waals surface area (Å²) in [5, 5.41) is 13.6. The van der Waals surface area contributed by atoms with Gasteiger partial charge in [-0.05, 0) is 83.5 Å². The number of hydrogen-bond acceptors (Lipinski definition) is 6. The molecule has 9 heteroatoms. The van der Waals surface area contributed by atoms with Crippen molar-refractivity contribution in [3.8, 4) is 0 Å². The fraction of sp³-hybridized carbons (Fsp3) is 0.604. The van der Waals surface area contributed by atoms with E-state index in [0.29, 0.717) is 17.4 Å². The van der Waals surface area contributed by atoms with Crippen LogP contribution in [0, 0.1) is 0 Å². The number of nitrogens with one attached hydrogen (secondary N) is 1. The standard InChI is InChI=1S/C48H81N2O6P/c1-6-8-10-12-14-16-17-18-19-20-21-22-23-24-25-26-27-28-29-30-31-32-33-34-36-38-40-42-48(52)49-46(45-56-57(53,54)55-44-43-50(3,4)5)47(51)41-39-37-35-15-13-11-9-7-2/h8,10,13-16,18-19,21-22,24-25,27-28,30-31,39,41,46-47,51H,6-7,9,11-12,17,20,23,26,29,32-38,40,42-45H2,1-5H3,(H-,49,52,53,54)/b10-8-,15-13+,16-14-,19-18-,22-21-,25-24-,28-27-,31-30-,41-39+. The van der Waals surface area contributed by atoms with Crippen LogP contribution in [0.5, 0.6) is 0 Å². The lowest BCUT2D eigenvalue weighted by Crippen LogP contribution is -2.45. The molecule has 0 bridgehead atoms. The molecule has 0 aromatic rings. The number of aliphatic hydroxyl groups excluding tert-OH is 1. The average molecular weight is 813 g/mol. The molecule has 0 aromatic carbocycles. The smallest absolute Gasteiger partial charge is 0.268 e. The van der Waals surface area contributed by atoms with Crippen LogP contribution in [-0.4, -0.2) is 68.5 Å². The van der Waals surface area contributed by atoms with Gasteiger partial charge < -0.3 is 28.8 Å². The van der Waals surface area contributed by atoms with Gasteiger partial charge in [0.05, 0.1) is 39.9 Å². The predicted molar refractivity (Wildman–Crippen MR) is 242 cm³/mol. The van der Waals surface area contributed by atoms with Gasteiger partial charge in [0.15, 0.2) is 0 Å². The van der Waals surface area contributed by atoms with E-state index in [1.54, 1.807) is 6.08 Å². The highest BCUT2D eigenvalue weighted by Gasteiger charge is 2.23. The third kappa shape index (κ3) is 41.1. The summed E-state index contributed by atoms with van der Waals surface area (Å²) in [6.45, 7) is 4.37. The number of nitrogens with zero attached hydrogens (tertiary/aromatic N) is 1. The van der Waals surface area contributed by atoms with E-state index in [-0.39, 0.29) is 12.5 Å². The van der Waals surface area contributed by atoms with Gasteiger partial charge in [-0.25, -0.2) is 0 Å². The normalized spacial score (nSPS) is 15.4. The Bertz CT molecular complexity index is 1290. The quantitative estimate of drug-likeness (QED) is 0.0280. The average Bonchev–Trinajstić information content (AvgIpc) is 3.16. The number of quaternary nitrogens is 1. The number of phosphoric acid groups is 1. The van der Waals surface area contributed by atoms with Crippen LogP contribution in [0.15, 0.2) is 109 Å². The van der Waals surface area contributed by atoms with Crippen LogP contribution < -0.4 is 10.2 Å². The molecule has 0 aliphatic rings. The van der Waals surface area contributed by atoms with E-state index in [2.05, 4.69) is 116 Å². The molecule has 324 valence electrons. The fourth-order valence-corrected chi connectivity index (χ4v) is 5.97. The van der Waals surface area contributed by atoms with Gasteiger partial charge in [-0.1, -0.05) is 155 Å². The van der Waals surface area contributed by atoms with Crippen molar-refractivity contribution in [1.29, 1.82) is 0 Å². The van der Waals surface area contributed by atoms with Crippen LogP contribution in [0.1, 0.15) is 136 Å². The van der Waals surface area contributed by atoms with Gasteiger partial charge in [0, 0.05) is 6.42 Å². The highest BCUT2D eigenvalue weighted by molar-refractivity contribution is 7.45. The third-order valence-corrected chi connectivity index (χ3v) is 9.68. The van der Waals surface area contributed by atoms with Crippen molar-refractivity contribution in [2.75, 3.05) is 40.9 Å². The number of carbonyl (C=O) groups is 1. The number of allylic oxidation sites excluding steroid dienone is 17. The number of hydrogen-bond donors (Lipinski definition) is 2. The SMILES string of the molecule is CC/C=C\C/C=C\C/C=C\C/C=C\C/C=C\C/C=C\C/C=C\CCCCCCCC(=O)NC(COP(=O)([O-])OCC[N+](C)(C)C)C(O)/C=C/CC/C=C/CCCC. The minimum absolute atomic E-state index is 0.0177. The molecule has 0 heterocycles. The fourth-order valence-electron chi connectivity index (χ4n) is 5.25. The number of amides is 1. The number of aliphatic hydroxyl groups is 1. The first kappa shape index (κ1) is 54.2. The summed E-state index contributed by atoms with van der Waals surface area (Å²) < 4.78 is 23.0. The van der Waals surface area contributed by atoms with Crippen molar-refractivity contribution in [2.24, 2.45) is 0 Å². The molecule has 0 saturated heterocycles. The van der Waals surface area contributed by atoms with E-state index in [4.69, 9.17) is 9.05 Å². The van der Waals surface area contributed by atoms with Crippen LogP contribution >= 0.6 is 7.82 Å². The molecular weight excluding hydrogens is 732 g/mol. The summed E-state index contributed by atoms with van der Waals surface area (Å²) in [6.07, 6.45) is 55.9. The molecule has 0 aliphatic heterocycles. The molecule has 8 nitrogen and oxygen atoms in total. The molecular formula is C48H81N2O6P. The topological polar surface area (TPSA) is 108 Å². The minimum Gasteiger partial charge on any atom is -0.756 e. The highest BCUT2D eigenvalue weighted by atomic mass is 31.2. The Kier molecular flexibility index (Phi) is 36.7. The Morgan fingerprint density at radius 1 is 0.632 bits per heavy atom. The molecule has 0 saturated carbocycles. The molecule has 3 atom stereocenters. The van der Waals surface area contributed by atoms with Gasteiger partial charge in [0.2, 0.25) is 5.91 Å². The first-order valence-corrected chi connectivity index (χ1v) is 23.2. The van der Waals surface area contributed by atoms with Crippen LogP contribution in [0.2, 0.25) is 0 Å². The Balaban J connectivity index is 4.31. The molecule has 0 aromatic heterocycles. The van der Waals surface area contributed by atoms with Gasteiger partial charge in [-0.3, -0.25) is 9.36 Å². The molecule has 2 N–H and O–H groups in total. The predicted octanol–water partition coefficient (Wildman–Crippen LogP) is 11.5. The van der Waals surface area contributed by atoms with Crippen molar-refractivity contribution in [1.82, 2.24) is 5.32 Å². The second-order valence-electron chi connectivity index (χ2n) is 15.3. The lowest BCUT2D eigenvalue weighted by Gasteiger charge is -2.29. The lowest BCUT2D eigenvalue weighted by atomic mass is 10.1. The maximum atomic E-state index is 12.8. The maximum Gasteiger partial charge on any atom is 0.268 e. The van der Waals surface area contributed by atoms with E-state index >= 15 is 0 Å². The Labute approximate surface area is 349 Å². The van der Waals surface area contributed by atoms with Gasteiger partial charge >= 0.3 is 0 Å². The van der Waals surface area contributed by atoms with Crippen LogP contribution in [0.25, 0.3) is 0 Å². The zero-order valence-electron chi connectivity index (χ0n) is 36.5. The summed E-state index contributed by atoms with van der Waals surface area (Å²) in [6, 6.07) is -0.919. The van der Waals surface area contributed by atoms with Crippen LogP contribution in [0.3, 0.4) is 0 Å². The summed E-state index contributed by atoms with van der Waals surface area (Å²) in [4.78, 5) is 25.2. The van der Waals surface area contributed by atoms with E-state index < -0.39 is 26.6 Å². The van der Waals surface area contributed by atoms with Crippen molar-refractivity contribution in [3.05, 3.63) is 109 Å². The molecule has 1 amide bonds. The monoisotopic (exact) mass is 813 g/mol. The van der Waals surface area contributed by atoms with Gasteiger partial charge in [0.25, 0.3) is 7.82 Å². The first-order valence-electron chi connectivity index (χ1n) is 21.7. The van der Waals surface area contributed by atoms with Crippen molar-refractivity contribution in [3.63, 3.8) is 0 Å². The second-order valence-corrected chi connectivity index (χ2v) is 16.7. The zero-order valence-corrected chi connectivity index (χ0v) is 37.4. The molecule has 3 unspecified atom stereocenters. The van der Waals surface area contributed by atoms with Crippen molar-refractivity contribution >= 4 is 13.7 Å². The lowest BCUT2D eigenvalue weighted by molar-refractivity contribution is -0.870. The molecule has 0 aliphatic carbocycles. The van der Waals surface area contributed by atoms with Crippen LogP contribution in [-0.2, 0) is 18.4 Å². The van der Waals surface area contributed by atoms with Crippen LogP contribution in [0.4, 0.5) is 0 Å². The molecule has 0 fully saturated rings. The van der Waals surface area contributed by atoms with Gasteiger partial charge in [-0.15, -0.1) is 0 Å². The highest BCUT2D eigenvalue weighted by Crippen LogP contribution is 2.38. The molecule has 0 radical (unpaired) electrons. The number of rotatable bonds is 37. The molecule has 57 heavy (non-hydrogen) atoms. The maximum absolute atomic E-state index is 12.8. The Morgan fingerprint density at radius 3 is 1.63 bits per heavy atom. The molecule has 0 spiro atoms. The van der Waals surface area contributed by atoms with Gasteiger partial charge in [-0.2, -0.15) is 0 Å². The summed E-state index contributed by atoms with van der Waals surface area (Å²) in [7, 11) is 1.20. The van der Waals surface area contributed by atoms with E-state index in [1.165, 1.54) is 6.42 Å². The number of unbranched alkanes of at least 4 members (excludes halogenated alkanes) is 8. The summed E-state index contributed by atoms with van der Waals surface area (Å²) in [5.74, 6) is -0.237. The van der Waals surface area contributed by atoms with Crippen molar-refractivity contribution < 1.29 is 32.9 Å². The van der Waals surface area contributed by atoms with Gasteiger partial charge in [0.1, 0.15) is 13.2 Å². The zero-order chi connectivity index (χ0) is 42.1. The minimum atomic E-state index is -4.60. The Morgan fingerprint density at radius 2 is 1.09 bits per heavy atom. The summed E-state index contributed by atoms with van der Waals surface area (Å²) in [5.41, 5.74) is 0. The third-order valence-electron chi connectivity index (χ3n) is 8.72. The number of phosphoric ester groups is 1. The molecule has 0 rings (SSSR count). The second kappa shape index (κ2) is 38.7. The van der Waals surface area contributed by atoms with Crippen molar-refractivity contribution in [2.45, 2.75) is 148 Å². The van der Waals surface area contributed by atoms with E-state index in [0.717, 1.165) is 109 Å². The van der Waals surface area contributed by atoms with E-state index in [9.17, 15) is 19.4 Å².